The summed E-state index contributed by atoms with van der Waals surface area (Å²) in [5.74, 6) is 0. The Morgan fingerprint density at radius 3 is 3.20 bits per heavy atom. The maximum absolute atomic E-state index is 5.29. The molecule has 0 aliphatic heterocycles. The minimum absolute atomic E-state index is 0.693. The fourth-order valence-corrected chi connectivity index (χ4v) is 1.19. The molecule has 3 N–H and O–H groups in total. The molecule has 0 amide bonds. The van der Waals surface area contributed by atoms with Gasteiger partial charge in [0.05, 0.1) is 0 Å². The van der Waals surface area contributed by atoms with Crippen molar-refractivity contribution in [2.24, 2.45) is 5.73 Å². The van der Waals surface area contributed by atoms with E-state index in [9.17, 15) is 0 Å². The lowest BCUT2D eigenvalue weighted by Gasteiger charge is -1.97. The van der Waals surface area contributed by atoms with Gasteiger partial charge in [0.15, 0.2) is 0 Å². The van der Waals surface area contributed by atoms with Crippen LogP contribution in [0.25, 0.3) is 0 Å². The third-order valence-electron chi connectivity index (χ3n) is 1.11. The molecule has 10 heavy (non-hydrogen) atoms. The number of nitrogens with two attached hydrogens (primary N) is 1. The second-order valence-corrected chi connectivity index (χ2v) is 2.86. The van der Waals surface area contributed by atoms with E-state index in [1.54, 1.807) is 0 Å². The minimum Gasteiger partial charge on any atom is -0.329 e. The number of aromatic nitrogens is 1. The second-order valence-electron chi connectivity index (χ2n) is 1.94. The minimum atomic E-state index is 0.693. The zero-order chi connectivity index (χ0) is 7.23. The van der Waals surface area contributed by atoms with Crippen LogP contribution in [-0.4, -0.2) is 17.5 Å². The Balaban J connectivity index is 2.15. The van der Waals surface area contributed by atoms with Gasteiger partial charge in [0, 0.05) is 30.7 Å². The van der Waals surface area contributed by atoms with E-state index in [1.807, 2.05) is 12.3 Å². The van der Waals surface area contributed by atoms with E-state index in [0.717, 1.165) is 13.1 Å². The average molecular weight is 157 g/mol. The topological polar surface area (TPSA) is 50.9 Å². The highest BCUT2D eigenvalue weighted by Gasteiger charge is 1.90. The average Bonchev–Trinajstić information content (AvgIpc) is 2.41. The fourth-order valence-electron chi connectivity index (χ4n) is 0.647. The van der Waals surface area contributed by atoms with Gasteiger partial charge in [-0.25, -0.2) is 4.37 Å². The molecule has 0 bridgehead atoms. The Morgan fingerprint density at radius 1 is 1.70 bits per heavy atom. The molecular weight excluding hydrogens is 146 g/mol. The molecule has 0 unspecified atom stereocenters. The largest absolute Gasteiger partial charge is 0.329 e. The highest BCUT2D eigenvalue weighted by atomic mass is 32.1. The first-order valence-electron chi connectivity index (χ1n) is 3.24. The van der Waals surface area contributed by atoms with Crippen LogP contribution in [0.1, 0.15) is 4.88 Å². The number of nitrogens with zero attached hydrogens (tertiary/aromatic N) is 1. The van der Waals surface area contributed by atoms with Crippen LogP contribution in [0.3, 0.4) is 0 Å². The standard InChI is InChI=1S/C6H11N3S/c7-2-4-8-5-6-1-3-9-10-6/h1,3,8H,2,4-5,7H2. The van der Waals surface area contributed by atoms with Gasteiger partial charge in [-0.3, -0.25) is 0 Å². The van der Waals surface area contributed by atoms with Crippen LogP contribution in [0.4, 0.5) is 0 Å². The van der Waals surface area contributed by atoms with Gasteiger partial charge in [0.2, 0.25) is 0 Å². The zero-order valence-electron chi connectivity index (χ0n) is 5.71. The van der Waals surface area contributed by atoms with Gasteiger partial charge >= 0.3 is 0 Å². The maximum atomic E-state index is 5.29. The zero-order valence-corrected chi connectivity index (χ0v) is 6.53. The van der Waals surface area contributed by atoms with Gasteiger partial charge in [-0.1, -0.05) is 0 Å². The van der Waals surface area contributed by atoms with Crippen molar-refractivity contribution in [1.82, 2.24) is 9.69 Å². The number of nitrogens with one attached hydrogen (secondary N) is 1. The van der Waals surface area contributed by atoms with Crippen LogP contribution in [0.2, 0.25) is 0 Å². The summed E-state index contributed by atoms with van der Waals surface area (Å²) in [7, 11) is 0. The van der Waals surface area contributed by atoms with Gasteiger partial charge in [0.1, 0.15) is 0 Å². The summed E-state index contributed by atoms with van der Waals surface area (Å²) >= 11 is 1.52. The van der Waals surface area contributed by atoms with Crippen LogP contribution < -0.4 is 11.1 Å². The van der Waals surface area contributed by atoms with Gasteiger partial charge in [-0.15, -0.1) is 0 Å². The van der Waals surface area contributed by atoms with Gasteiger partial charge in [0.25, 0.3) is 0 Å². The molecule has 0 saturated heterocycles. The van der Waals surface area contributed by atoms with Crippen molar-refractivity contribution in [3.63, 3.8) is 0 Å². The number of rotatable bonds is 4. The predicted octanol–water partition coefficient (Wildman–Crippen LogP) is 0.191. The Hall–Kier alpha value is -0.450. The lowest BCUT2D eigenvalue weighted by atomic mass is 10.5. The van der Waals surface area contributed by atoms with E-state index in [2.05, 4.69) is 9.69 Å². The summed E-state index contributed by atoms with van der Waals surface area (Å²) in [6.45, 7) is 2.46. The highest BCUT2D eigenvalue weighted by Crippen LogP contribution is 2.02. The van der Waals surface area contributed by atoms with Crippen molar-refractivity contribution in [3.8, 4) is 0 Å². The van der Waals surface area contributed by atoms with E-state index >= 15 is 0 Å². The molecule has 1 aromatic heterocycles. The lowest BCUT2D eigenvalue weighted by Crippen LogP contribution is -2.21. The van der Waals surface area contributed by atoms with E-state index in [0.29, 0.717) is 6.54 Å². The molecule has 4 heteroatoms. The SMILES string of the molecule is NCCNCc1ccns1. The van der Waals surface area contributed by atoms with Crippen LogP contribution in [0.15, 0.2) is 12.3 Å². The molecule has 1 rings (SSSR count). The van der Waals surface area contributed by atoms with Crippen LogP contribution in [0, 0.1) is 0 Å². The predicted molar refractivity (Wildman–Crippen MR) is 42.9 cm³/mol. The fraction of sp³-hybridized carbons (Fsp3) is 0.500. The third-order valence-corrected chi connectivity index (χ3v) is 1.85. The molecule has 0 radical (unpaired) electrons. The molecule has 0 fully saturated rings. The smallest absolute Gasteiger partial charge is 0.0410 e. The molecule has 0 spiro atoms. The first kappa shape index (κ1) is 7.65. The van der Waals surface area contributed by atoms with Crippen molar-refractivity contribution in [1.29, 1.82) is 0 Å². The van der Waals surface area contributed by atoms with Crippen molar-refractivity contribution in [3.05, 3.63) is 17.1 Å². The summed E-state index contributed by atoms with van der Waals surface area (Å²) in [5, 5.41) is 3.18. The molecule has 1 aromatic rings. The maximum Gasteiger partial charge on any atom is 0.0410 e. The van der Waals surface area contributed by atoms with Gasteiger partial charge < -0.3 is 11.1 Å². The van der Waals surface area contributed by atoms with E-state index in [1.165, 1.54) is 16.4 Å². The van der Waals surface area contributed by atoms with Crippen molar-refractivity contribution in [2.45, 2.75) is 6.54 Å². The van der Waals surface area contributed by atoms with Crippen LogP contribution in [-0.2, 0) is 6.54 Å². The van der Waals surface area contributed by atoms with Crippen LogP contribution in [0.5, 0.6) is 0 Å². The highest BCUT2D eigenvalue weighted by molar-refractivity contribution is 7.05. The molecule has 0 atom stereocenters. The monoisotopic (exact) mass is 157 g/mol. The quantitative estimate of drug-likeness (QED) is 0.613. The van der Waals surface area contributed by atoms with E-state index in [4.69, 9.17) is 5.73 Å². The molecule has 56 valence electrons. The first-order valence-corrected chi connectivity index (χ1v) is 4.01. The summed E-state index contributed by atoms with van der Waals surface area (Å²) < 4.78 is 3.97. The first-order chi connectivity index (χ1) is 4.93. The normalized spacial score (nSPS) is 10.1. The Kier molecular flexibility index (Phi) is 3.35. The van der Waals surface area contributed by atoms with E-state index < -0.39 is 0 Å². The van der Waals surface area contributed by atoms with Crippen molar-refractivity contribution < 1.29 is 0 Å². The third kappa shape index (κ3) is 2.43. The van der Waals surface area contributed by atoms with E-state index in [-0.39, 0.29) is 0 Å². The van der Waals surface area contributed by atoms with Crippen LogP contribution >= 0.6 is 11.5 Å². The summed E-state index contributed by atoms with van der Waals surface area (Å²) in [6.07, 6.45) is 1.81. The molecule has 1 heterocycles. The van der Waals surface area contributed by atoms with Crippen molar-refractivity contribution in [2.75, 3.05) is 13.1 Å². The van der Waals surface area contributed by atoms with Gasteiger partial charge in [-0.05, 0) is 17.6 Å². The molecular formula is C6H11N3S. The summed E-state index contributed by atoms with van der Waals surface area (Å²) in [5.41, 5.74) is 5.29. The summed E-state index contributed by atoms with van der Waals surface area (Å²) in [6, 6.07) is 2.01. The Bertz CT molecular complexity index is 162. The molecule has 0 aromatic carbocycles. The van der Waals surface area contributed by atoms with Crippen molar-refractivity contribution >= 4 is 11.5 Å². The molecule has 0 aliphatic rings. The Labute approximate surface area is 64.4 Å². The lowest BCUT2D eigenvalue weighted by molar-refractivity contribution is 0.702. The molecule has 0 aliphatic carbocycles. The summed E-state index contributed by atoms with van der Waals surface area (Å²) in [4.78, 5) is 1.26. The van der Waals surface area contributed by atoms with Gasteiger partial charge in [-0.2, -0.15) is 0 Å². The Morgan fingerprint density at radius 2 is 2.60 bits per heavy atom. The number of hydrogen-bond donors (Lipinski definition) is 2. The molecule has 3 nitrogen and oxygen atoms in total. The molecule has 0 saturated carbocycles. The number of hydrogen-bond acceptors (Lipinski definition) is 4. The second kappa shape index (κ2) is 4.38.